The molecule has 2 saturated heterocycles. The fourth-order valence-corrected chi connectivity index (χ4v) is 3.84. The van der Waals surface area contributed by atoms with E-state index in [2.05, 4.69) is 10.1 Å². The van der Waals surface area contributed by atoms with E-state index >= 15 is 0 Å². The molecular weight excluding hydrogens is 442 g/mol. The van der Waals surface area contributed by atoms with Crippen LogP contribution in [0.5, 0.6) is 5.88 Å². The van der Waals surface area contributed by atoms with E-state index in [0.29, 0.717) is 44.8 Å². The maximum atomic E-state index is 13.2. The van der Waals surface area contributed by atoms with Crippen molar-refractivity contribution in [1.82, 2.24) is 14.8 Å². The minimum atomic E-state index is -4.60. The number of hydrogen-bond acceptors (Lipinski definition) is 5. The van der Waals surface area contributed by atoms with Crippen molar-refractivity contribution in [3.05, 3.63) is 35.7 Å². The molecule has 2 aromatic rings. The van der Waals surface area contributed by atoms with Gasteiger partial charge in [0, 0.05) is 44.8 Å². The number of aromatic nitrogens is 3. The molecule has 2 aromatic heterocycles. The highest BCUT2D eigenvalue weighted by Crippen LogP contribution is 2.35. The maximum absolute atomic E-state index is 13.2. The second-order valence-electron chi connectivity index (χ2n) is 7.84. The van der Waals surface area contributed by atoms with Gasteiger partial charge in [-0.15, -0.1) is 0 Å². The molecule has 0 N–H and O–H groups in total. The molecule has 1 atom stereocenters. The van der Waals surface area contributed by atoms with Gasteiger partial charge in [0.1, 0.15) is 11.9 Å². The van der Waals surface area contributed by atoms with Crippen molar-refractivity contribution in [2.24, 2.45) is 0 Å². The summed E-state index contributed by atoms with van der Waals surface area (Å²) in [6, 6.07) is 3.18. The fraction of sp³-hybridized carbons (Fsp3) is 0.600. The molecule has 4 rings (SSSR count). The Labute approximate surface area is 180 Å². The molecular formula is C20H22F6N4O2. The Balaban J connectivity index is 1.42. The average Bonchev–Trinajstić information content (AvgIpc) is 3.19. The minimum Gasteiger partial charge on any atom is -0.474 e. The number of hydrogen-bond donors (Lipinski definition) is 0. The van der Waals surface area contributed by atoms with Gasteiger partial charge in [0.15, 0.2) is 11.9 Å². The van der Waals surface area contributed by atoms with Crippen LogP contribution in [0.3, 0.4) is 0 Å². The summed E-state index contributed by atoms with van der Waals surface area (Å²) in [5.41, 5.74) is -1.86. The number of pyridine rings is 1. The van der Waals surface area contributed by atoms with E-state index in [-0.39, 0.29) is 12.0 Å². The second kappa shape index (κ2) is 8.80. The molecule has 2 aliphatic heterocycles. The quantitative estimate of drug-likeness (QED) is 0.592. The third kappa shape index (κ3) is 5.11. The maximum Gasteiger partial charge on any atom is 0.435 e. The molecule has 0 aliphatic carbocycles. The molecule has 6 nitrogen and oxygen atoms in total. The molecule has 12 heteroatoms. The van der Waals surface area contributed by atoms with Gasteiger partial charge in [-0.05, 0) is 31.4 Å². The normalized spacial score (nSPS) is 21.1. The van der Waals surface area contributed by atoms with Crippen molar-refractivity contribution >= 4 is 5.82 Å². The second-order valence-corrected chi connectivity index (χ2v) is 7.84. The molecule has 0 spiro atoms. The van der Waals surface area contributed by atoms with Gasteiger partial charge < -0.3 is 14.4 Å². The molecule has 0 aromatic carbocycles. The van der Waals surface area contributed by atoms with Crippen LogP contribution in [0.1, 0.15) is 49.6 Å². The molecule has 0 radical (unpaired) electrons. The number of piperidine rings is 1. The lowest BCUT2D eigenvalue weighted by Crippen LogP contribution is -2.39. The van der Waals surface area contributed by atoms with Crippen molar-refractivity contribution in [2.45, 2.75) is 56.8 Å². The van der Waals surface area contributed by atoms with E-state index in [1.165, 1.54) is 10.7 Å². The average molecular weight is 464 g/mol. The first-order valence-corrected chi connectivity index (χ1v) is 10.3. The largest absolute Gasteiger partial charge is 0.474 e. The first-order chi connectivity index (χ1) is 15.1. The van der Waals surface area contributed by atoms with Gasteiger partial charge in [-0.3, -0.25) is 0 Å². The van der Waals surface area contributed by atoms with E-state index in [1.807, 2.05) is 4.90 Å². The van der Waals surface area contributed by atoms with Crippen LogP contribution in [0.25, 0.3) is 0 Å². The van der Waals surface area contributed by atoms with Crippen LogP contribution >= 0.6 is 0 Å². The van der Waals surface area contributed by atoms with Crippen LogP contribution in [0.2, 0.25) is 0 Å². The topological polar surface area (TPSA) is 52.4 Å². The summed E-state index contributed by atoms with van der Waals surface area (Å²) in [5, 5.41) is 3.69. The summed E-state index contributed by atoms with van der Waals surface area (Å²) in [6.07, 6.45) is -6.07. The van der Waals surface area contributed by atoms with Gasteiger partial charge >= 0.3 is 12.4 Å². The van der Waals surface area contributed by atoms with Gasteiger partial charge in [0.05, 0.1) is 5.56 Å². The van der Waals surface area contributed by atoms with Gasteiger partial charge in [0.25, 0.3) is 0 Å². The summed E-state index contributed by atoms with van der Waals surface area (Å²) in [6.45, 7) is 1.34. The minimum absolute atomic E-state index is 0.00956. The number of ether oxygens (including phenoxy) is 2. The van der Waals surface area contributed by atoms with Crippen molar-refractivity contribution in [3.8, 4) is 5.88 Å². The number of anilines is 1. The van der Waals surface area contributed by atoms with E-state index in [4.69, 9.17) is 9.47 Å². The summed E-state index contributed by atoms with van der Waals surface area (Å²) in [4.78, 5) is 5.72. The Hall–Kier alpha value is -2.50. The highest BCUT2D eigenvalue weighted by Gasteiger charge is 2.37. The van der Waals surface area contributed by atoms with Crippen LogP contribution in [0.15, 0.2) is 24.4 Å². The number of nitrogens with zero attached hydrogens (tertiary/aromatic N) is 4. The molecule has 1 unspecified atom stereocenters. The molecule has 176 valence electrons. The SMILES string of the molecule is FC(F)(F)c1ccc(N2CCC(Oc3cc(C(F)(F)F)nn3C3CCCCO3)CC2)nc1. The van der Waals surface area contributed by atoms with Crippen LogP contribution in [-0.2, 0) is 17.1 Å². The zero-order valence-corrected chi connectivity index (χ0v) is 17.0. The molecule has 0 saturated carbocycles. The Morgan fingerprint density at radius 1 is 0.969 bits per heavy atom. The Bertz CT molecular complexity index is 898. The molecule has 0 amide bonds. The zero-order chi connectivity index (χ0) is 22.9. The lowest BCUT2D eigenvalue weighted by molar-refractivity contribution is -0.142. The Morgan fingerprint density at radius 3 is 2.28 bits per heavy atom. The number of rotatable bonds is 4. The number of alkyl halides is 6. The molecule has 2 fully saturated rings. The molecule has 0 bridgehead atoms. The third-order valence-corrected chi connectivity index (χ3v) is 5.55. The highest BCUT2D eigenvalue weighted by atomic mass is 19.4. The third-order valence-electron chi connectivity index (χ3n) is 5.55. The van der Waals surface area contributed by atoms with E-state index < -0.39 is 29.8 Å². The lowest BCUT2D eigenvalue weighted by atomic mass is 10.1. The Kier molecular flexibility index (Phi) is 6.24. The molecule has 32 heavy (non-hydrogen) atoms. The lowest BCUT2D eigenvalue weighted by Gasteiger charge is -2.33. The monoisotopic (exact) mass is 464 g/mol. The van der Waals surface area contributed by atoms with Crippen LogP contribution in [0.4, 0.5) is 32.2 Å². The summed E-state index contributed by atoms with van der Waals surface area (Å²) in [7, 11) is 0. The van der Waals surface area contributed by atoms with Gasteiger partial charge in [-0.1, -0.05) is 0 Å². The van der Waals surface area contributed by atoms with Crippen LogP contribution < -0.4 is 9.64 Å². The van der Waals surface area contributed by atoms with Crippen LogP contribution in [-0.4, -0.2) is 40.6 Å². The van der Waals surface area contributed by atoms with E-state index in [1.54, 1.807) is 0 Å². The first kappa shape index (κ1) is 22.7. The predicted octanol–water partition coefficient (Wildman–Crippen LogP) is 5.06. The van der Waals surface area contributed by atoms with E-state index in [0.717, 1.165) is 31.2 Å². The van der Waals surface area contributed by atoms with Gasteiger partial charge in [0.2, 0.25) is 5.88 Å². The standard InChI is InChI=1S/C20H22F6N4O2/c21-19(22,23)13-4-5-16(27-12-13)29-8-6-14(7-9-29)32-18-11-15(20(24,25)26)28-30(18)17-3-1-2-10-31-17/h4-5,11-12,14,17H,1-3,6-10H2. The number of halogens is 6. The van der Waals surface area contributed by atoms with Crippen molar-refractivity contribution in [2.75, 3.05) is 24.6 Å². The Morgan fingerprint density at radius 2 is 1.72 bits per heavy atom. The highest BCUT2D eigenvalue weighted by molar-refractivity contribution is 5.40. The fourth-order valence-electron chi connectivity index (χ4n) is 3.84. The first-order valence-electron chi connectivity index (χ1n) is 10.3. The summed E-state index contributed by atoms with van der Waals surface area (Å²) >= 11 is 0. The molecule has 2 aliphatic rings. The van der Waals surface area contributed by atoms with Gasteiger partial charge in [-0.25, -0.2) is 9.67 Å². The molecule has 4 heterocycles. The smallest absolute Gasteiger partial charge is 0.435 e. The summed E-state index contributed by atoms with van der Waals surface area (Å²) < 4.78 is 90.4. The van der Waals surface area contributed by atoms with Crippen LogP contribution in [0, 0.1) is 0 Å². The van der Waals surface area contributed by atoms with Gasteiger partial charge in [-0.2, -0.15) is 31.4 Å². The van der Waals surface area contributed by atoms with Crippen molar-refractivity contribution < 1.29 is 35.8 Å². The van der Waals surface area contributed by atoms with Crippen molar-refractivity contribution in [3.63, 3.8) is 0 Å². The zero-order valence-electron chi connectivity index (χ0n) is 17.0. The summed E-state index contributed by atoms with van der Waals surface area (Å²) in [5.74, 6) is 0.423. The predicted molar refractivity (Wildman–Crippen MR) is 101 cm³/mol. The van der Waals surface area contributed by atoms with E-state index in [9.17, 15) is 26.3 Å². The van der Waals surface area contributed by atoms with Crippen molar-refractivity contribution in [1.29, 1.82) is 0 Å².